The molecule has 9 nitrogen and oxygen atoms in total. The van der Waals surface area contributed by atoms with Crippen LogP contribution in [0.1, 0.15) is 51.9 Å². The zero-order valence-corrected chi connectivity index (χ0v) is 16.0. The normalized spacial score (nSPS) is 18.5. The van der Waals surface area contributed by atoms with Crippen LogP contribution >= 0.6 is 11.8 Å². The standard InChI is InChI=1S/C16H25N3O6S/c1-16(2,3)24-14(22)17-11(13(20)21)9-26-8-10-6-4-5-7-12-18-25-15(23)19(10)12/h10-11H,4-9H2,1-3H3,(H,17,22)(H,20,21)/t10?,11-/m0/s1. The van der Waals surface area contributed by atoms with E-state index in [1.807, 2.05) is 0 Å². The molecule has 10 heteroatoms. The van der Waals surface area contributed by atoms with Crippen LogP contribution in [-0.4, -0.2) is 50.0 Å². The second-order valence-electron chi connectivity index (χ2n) is 7.21. The highest BCUT2D eigenvalue weighted by Crippen LogP contribution is 2.25. The minimum Gasteiger partial charge on any atom is -0.480 e. The molecule has 1 unspecified atom stereocenters. The second kappa shape index (κ2) is 8.61. The summed E-state index contributed by atoms with van der Waals surface area (Å²) >= 11 is 1.36. The van der Waals surface area contributed by atoms with Crippen molar-refractivity contribution in [2.75, 3.05) is 11.5 Å². The van der Waals surface area contributed by atoms with Gasteiger partial charge < -0.3 is 15.2 Å². The van der Waals surface area contributed by atoms with Crippen LogP contribution in [0.4, 0.5) is 4.79 Å². The van der Waals surface area contributed by atoms with Gasteiger partial charge in [-0.15, -0.1) is 0 Å². The Morgan fingerprint density at radius 3 is 2.85 bits per heavy atom. The first kappa shape index (κ1) is 20.3. The van der Waals surface area contributed by atoms with E-state index in [1.54, 1.807) is 25.3 Å². The van der Waals surface area contributed by atoms with Crippen LogP contribution in [0.2, 0.25) is 0 Å². The first-order chi connectivity index (χ1) is 12.2. The zero-order valence-electron chi connectivity index (χ0n) is 15.2. The average molecular weight is 387 g/mol. The fourth-order valence-corrected chi connectivity index (χ4v) is 3.89. The Kier molecular flexibility index (Phi) is 6.74. The highest BCUT2D eigenvalue weighted by Gasteiger charge is 2.26. The quantitative estimate of drug-likeness (QED) is 0.757. The third-order valence-electron chi connectivity index (χ3n) is 3.84. The number of hydrogen-bond donors (Lipinski definition) is 2. The second-order valence-corrected chi connectivity index (χ2v) is 8.28. The van der Waals surface area contributed by atoms with Gasteiger partial charge in [0.15, 0.2) is 5.82 Å². The number of aryl methyl sites for hydroxylation is 1. The minimum absolute atomic E-state index is 0.0905. The number of thioether (sulfide) groups is 1. The van der Waals surface area contributed by atoms with E-state index in [9.17, 15) is 19.5 Å². The number of nitrogens with one attached hydrogen (secondary N) is 1. The van der Waals surface area contributed by atoms with Gasteiger partial charge in [0.25, 0.3) is 0 Å². The number of carboxylic acids is 1. The first-order valence-electron chi connectivity index (χ1n) is 8.54. The number of nitrogens with zero attached hydrogens (tertiary/aromatic N) is 2. The highest BCUT2D eigenvalue weighted by molar-refractivity contribution is 7.99. The number of ether oxygens (including phenoxy) is 1. The molecule has 0 saturated carbocycles. The number of fused-ring (bicyclic) bond motifs is 1. The van der Waals surface area contributed by atoms with Gasteiger partial charge in [-0.3, -0.25) is 9.09 Å². The summed E-state index contributed by atoms with van der Waals surface area (Å²) < 4.78 is 11.4. The molecular weight excluding hydrogens is 362 g/mol. The number of alkyl carbamates (subject to hydrolysis) is 1. The number of carbonyl (C=O) groups excluding carboxylic acids is 1. The van der Waals surface area contributed by atoms with E-state index in [1.165, 1.54) is 11.8 Å². The maximum atomic E-state index is 11.9. The van der Waals surface area contributed by atoms with E-state index in [-0.39, 0.29) is 11.8 Å². The van der Waals surface area contributed by atoms with Gasteiger partial charge >= 0.3 is 17.8 Å². The van der Waals surface area contributed by atoms with E-state index < -0.39 is 29.5 Å². The zero-order chi connectivity index (χ0) is 19.3. The molecule has 2 atom stereocenters. The summed E-state index contributed by atoms with van der Waals surface area (Å²) in [5.74, 6) is -0.269. The van der Waals surface area contributed by atoms with Crippen LogP contribution in [-0.2, 0) is 16.0 Å². The maximum absolute atomic E-state index is 11.9. The van der Waals surface area contributed by atoms with Crippen molar-refractivity contribution in [3.8, 4) is 0 Å². The lowest BCUT2D eigenvalue weighted by molar-refractivity contribution is -0.138. The van der Waals surface area contributed by atoms with Crippen LogP contribution in [0.3, 0.4) is 0 Å². The van der Waals surface area contributed by atoms with E-state index in [2.05, 4.69) is 10.5 Å². The Morgan fingerprint density at radius 2 is 2.19 bits per heavy atom. The number of carbonyl (C=O) groups is 2. The van der Waals surface area contributed by atoms with Crippen molar-refractivity contribution in [2.45, 2.75) is 64.1 Å². The molecule has 1 aliphatic heterocycles. The Morgan fingerprint density at radius 1 is 1.46 bits per heavy atom. The number of rotatable bonds is 6. The van der Waals surface area contributed by atoms with Gasteiger partial charge in [-0.25, -0.2) is 14.4 Å². The van der Waals surface area contributed by atoms with Crippen molar-refractivity contribution < 1.29 is 24.0 Å². The summed E-state index contributed by atoms with van der Waals surface area (Å²) in [6.07, 6.45) is 2.64. The Hall–Kier alpha value is -1.97. The van der Waals surface area contributed by atoms with Crippen LogP contribution < -0.4 is 11.1 Å². The van der Waals surface area contributed by atoms with Crippen LogP contribution in [0.5, 0.6) is 0 Å². The molecule has 0 saturated heterocycles. The van der Waals surface area contributed by atoms with Gasteiger partial charge in [0.2, 0.25) is 0 Å². The summed E-state index contributed by atoms with van der Waals surface area (Å²) in [6.45, 7) is 5.12. The number of amides is 1. The van der Waals surface area contributed by atoms with Gasteiger partial charge in [0.05, 0.1) is 6.04 Å². The van der Waals surface area contributed by atoms with Gasteiger partial charge in [-0.1, -0.05) is 11.6 Å². The number of hydrogen-bond acceptors (Lipinski definition) is 7. The summed E-state index contributed by atoms with van der Waals surface area (Å²) in [5.41, 5.74) is -0.702. The van der Waals surface area contributed by atoms with Crippen molar-refractivity contribution >= 4 is 23.8 Å². The van der Waals surface area contributed by atoms with Gasteiger partial charge in [0.1, 0.15) is 11.6 Å². The number of aliphatic carboxylic acids is 1. The summed E-state index contributed by atoms with van der Waals surface area (Å²) in [6, 6.07) is -1.16. The van der Waals surface area contributed by atoms with Crippen molar-refractivity contribution in [2.24, 2.45) is 0 Å². The van der Waals surface area contributed by atoms with Crippen molar-refractivity contribution in [3.05, 3.63) is 16.4 Å². The first-order valence-corrected chi connectivity index (χ1v) is 9.70. The molecule has 0 radical (unpaired) electrons. The average Bonchev–Trinajstić information content (AvgIpc) is 2.75. The molecule has 1 aliphatic rings. The molecule has 2 heterocycles. The maximum Gasteiger partial charge on any atom is 0.441 e. The lowest BCUT2D eigenvalue weighted by Gasteiger charge is -2.22. The van der Waals surface area contributed by atoms with E-state index in [4.69, 9.17) is 9.26 Å². The van der Waals surface area contributed by atoms with Crippen molar-refractivity contribution in [1.29, 1.82) is 0 Å². The van der Waals surface area contributed by atoms with Gasteiger partial charge in [-0.2, -0.15) is 11.8 Å². The SMILES string of the molecule is CC(C)(C)OC(=O)N[C@@H](CSCC1CCCCc2noc(=O)n21)C(=O)O. The third kappa shape index (κ3) is 5.79. The molecule has 1 aromatic heterocycles. The summed E-state index contributed by atoms with van der Waals surface area (Å²) in [5, 5.41) is 15.5. The van der Waals surface area contributed by atoms with Crippen molar-refractivity contribution in [1.82, 2.24) is 15.0 Å². The minimum atomic E-state index is -1.13. The molecule has 1 aromatic rings. The molecule has 0 fully saturated rings. The number of carboxylic acid groups (broad SMARTS) is 1. The van der Waals surface area contributed by atoms with Crippen LogP contribution in [0.15, 0.2) is 9.32 Å². The Labute approximate surface area is 155 Å². The molecule has 26 heavy (non-hydrogen) atoms. The molecule has 0 aliphatic carbocycles. The summed E-state index contributed by atoms with van der Waals surface area (Å²) in [7, 11) is 0. The molecule has 2 N–H and O–H groups in total. The molecular formula is C16H25N3O6S. The Balaban J connectivity index is 1.92. The van der Waals surface area contributed by atoms with Gasteiger partial charge in [0, 0.05) is 17.9 Å². The third-order valence-corrected chi connectivity index (χ3v) is 5.03. The lowest BCUT2D eigenvalue weighted by Crippen LogP contribution is -2.45. The molecule has 1 amide bonds. The van der Waals surface area contributed by atoms with Crippen molar-refractivity contribution in [3.63, 3.8) is 0 Å². The van der Waals surface area contributed by atoms with E-state index in [0.717, 1.165) is 19.3 Å². The highest BCUT2D eigenvalue weighted by atomic mass is 32.2. The fourth-order valence-electron chi connectivity index (χ4n) is 2.71. The molecule has 2 rings (SSSR count). The lowest BCUT2D eigenvalue weighted by atomic mass is 10.1. The number of aromatic nitrogens is 2. The van der Waals surface area contributed by atoms with Crippen LogP contribution in [0.25, 0.3) is 0 Å². The van der Waals surface area contributed by atoms with Crippen LogP contribution in [0, 0.1) is 0 Å². The monoisotopic (exact) mass is 387 g/mol. The topological polar surface area (TPSA) is 124 Å². The van der Waals surface area contributed by atoms with E-state index in [0.29, 0.717) is 18.0 Å². The molecule has 0 aromatic carbocycles. The van der Waals surface area contributed by atoms with Gasteiger partial charge in [-0.05, 0) is 33.6 Å². The predicted molar refractivity (Wildman–Crippen MR) is 95.5 cm³/mol. The summed E-state index contributed by atoms with van der Waals surface area (Å²) in [4.78, 5) is 35.0. The Bertz CT molecular complexity index is 693. The molecule has 146 valence electrons. The molecule has 0 spiro atoms. The smallest absolute Gasteiger partial charge is 0.441 e. The predicted octanol–water partition coefficient (Wildman–Crippen LogP) is 1.81. The van der Waals surface area contributed by atoms with E-state index >= 15 is 0 Å². The molecule has 0 bridgehead atoms. The largest absolute Gasteiger partial charge is 0.480 e. The fraction of sp³-hybridized carbons (Fsp3) is 0.750.